The van der Waals surface area contributed by atoms with Crippen molar-refractivity contribution in [1.29, 1.82) is 0 Å². The first-order valence-electron chi connectivity index (χ1n) is 12.5. The monoisotopic (exact) mass is 555 g/mol. The van der Waals surface area contributed by atoms with Gasteiger partial charge in [0.25, 0.3) is 10.0 Å². The third-order valence-corrected chi connectivity index (χ3v) is 8.37. The molecule has 0 aromatic heterocycles. The van der Waals surface area contributed by atoms with Gasteiger partial charge in [-0.15, -0.1) is 0 Å². The zero-order chi connectivity index (χ0) is 27.9. The third kappa shape index (κ3) is 6.94. The molecule has 0 spiro atoms. The molecule has 38 heavy (non-hydrogen) atoms. The van der Waals surface area contributed by atoms with Gasteiger partial charge >= 0.3 is 0 Å². The van der Waals surface area contributed by atoms with Crippen LogP contribution in [0.5, 0.6) is 0 Å². The molecule has 202 valence electrons. The predicted molar refractivity (Wildman–Crippen MR) is 152 cm³/mol. The van der Waals surface area contributed by atoms with Crippen LogP contribution in [0.25, 0.3) is 0 Å². The van der Waals surface area contributed by atoms with Gasteiger partial charge in [0.1, 0.15) is 12.6 Å². The highest BCUT2D eigenvalue weighted by molar-refractivity contribution is 7.92. The second-order valence-corrected chi connectivity index (χ2v) is 11.4. The van der Waals surface area contributed by atoms with Gasteiger partial charge in [0, 0.05) is 18.1 Å². The number of rotatable bonds is 11. The number of nitrogens with zero attached hydrogens (tertiary/aromatic N) is 2. The molecule has 1 atom stereocenters. The van der Waals surface area contributed by atoms with Crippen molar-refractivity contribution in [2.24, 2.45) is 0 Å². The number of nitrogens with one attached hydrogen (secondary N) is 1. The second-order valence-electron chi connectivity index (χ2n) is 9.10. The third-order valence-electron chi connectivity index (χ3n) is 6.21. The van der Waals surface area contributed by atoms with Crippen LogP contribution in [0.2, 0.25) is 5.02 Å². The van der Waals surface area contributed by atoms with E-state index in [2.05, 4.69) is 5.32 Å². The number of sulfonamides is 1. The Morgan fingerprint density at radius 1 is 0.921 bits per heavy atom. The highest BCUT2D eigenvalue weighted by atomic mass is 35.5. The Kier molecular flexibility index (Phi) is 9.94. The standard InChI is InChI=1S/C29H34ClN3O4S/c1-5-27(29(35)31-6-2)32(19-23-11-7-8-13-26(23)30)28(34)20-33(24-12-9-10-22(4)18-24)38(36,37)25-16-14-21(3)15-17-25/h7-18,27H,5-6,19-20H2,1-4H3,(H,31,35)/t27-/m1/s1. The second kappa shape index (κ2) is 12.9. The zero-order valence-electron chi connectivity index (χ0n) is 22.1. The fourth-order valence-electron chi connectivity index (χ4n) is 4.17. The molecule has 3 aromatic carbocycles. The fourth-order valence-corrected chi connectivity index (χ4v) is 5.77. The number of carbonyl (C=O) groups is 2. The number of anilines is 1. The summed E-state index contributed by atoms with van der Waals surface area (Å²) in [6.07, 6.45) is 0.344. The van der Waals surface area contributed by atoms with Crippen LogP contribution in [0.15, 0.2) is 77.7 Å². The normalized spacial score (nSPS) is 12.0. The summed E-state index contributed by atoms with van der Waals surface area (Å²) in [6.45, 7) is 7.32. The SMILES string of the molecule is CCNC(=O)[C@@H](CC)N(Cc1ccccc1Cl)C(=O)CN(c1cccc(C)c1)S(=O)(=O)c1ccc(C)cc1. The van der Waals surface area contributed by atoms with Crippen LogP contribution in [0, 0.1) is 13.8 Å². The number of hydrogen-bond acceptors (Lipinski definition) is 4. The Bertz CT molecular complexity index is 1380. The van der Waals surface area contributed by atoms with E-state index >= 15 is 0 Å². The van der Waals surface area contributed by atoms with E-state index in [9.17, 15) is 18.0 Å². The molecular weight excluding hydrogens is 522 g/mol. The lowest BCUT2D eigenvalue weighted by atomic mass is 10.1. The van der Waals surface area contributed by atoms with Gasteiger partial charge in [-0.2, -0.15) is 0 Å². The molecule has 0 aliphatic rings. The van der Waals surface area contributed by atoms with Crippen molar-refractivity contribution in [3.8, 4) is 0 Å². The molecule has 2 amide bonds. The van der Waals surface area contributed by atoms with E-state index in [0.29, 0.717) is 29.2 Å². The number of halogens is 1. The Labute approximate surface area is 230 Å². The van der Waals surface area contributed by atoms with Crippen LogP contribution in [-0.4, -0.2) is 44.3 Å². The van der Waals surface area contributed by atoms with Gasteiger partial charge in [-0.3, -0.25) is 13.9 Å². The summed E-state index contributed by atoms with van der Waals surface area (Å²) in [7, 11) is -4.10. The molecule has 0 heterocycles. The summed E-state index contributed by atoms with van der Waals surface area (Å²) in [5.41, 5.74) is 2.79. The van der Waals surface area contributed by atoms with Crippen molar-refractivity contribution in [3.05, 3.63) is 94.5 Å². The summed E-state index contributed by atoms with van der Waals surface area (Å²) in [4.78, 5) is 28.4. The first-order valence-corrected chi connectivity index (χ1v) is 14.4. The smallest absolute Gasteiger partial charge is 0.264 e. The Morgan fingerprint density at radius 3 is 2.21 bits per heavy atom. The van der Waals surface area contributed by atoms with Crippen molar-refractivity contribution < 1.29 is 18.0 Å². The van der Waals surface area contributed by atoms with Gasteiger partial charge in [-0.1, -0.05) is 66.6 Å². The van der Waals surface area contributed by atoms with E-state index < -0.39 is 28.5 Å². The van der Waals surface area contributed by atoms with Crippen LogP contribution in [0.3, 0.4) is 0 Å². The molecule has 0 bridgehead atoms. The minimum absolute atomic E-state index is 0.0559. The van der Waals surface area contributed by atoms with E-state index in [1.54, 1.807) is 61.5 Å². The maximum atomic E-state index is 14.0. The van der Waals surface area contributed by atoms with Crippen molar-refractivity contribution >= 4 is 39.1 Å². The fraction of sp³-hybridized carbons (Fsp3) is 0.310. The average Bonchev–Trinajstić information content (AvgIpc) is 2.88. The maximum absolute atomic E-state index is 14.0. The Hall–Kier alpha value is -3.36. The Morgan fingerprint density at radius 2 is 1.61 bits per heavy atom. The van der Waals surface area contributed by atoms with Crippen LogP contribution in [0.1, 0.15) is 37.0 Å². The lowest BCUT2D eigenvalue weighted by Crippen LogP contribution is -2.52. The summed E-state index contributed by atoms with van der Waals surface area (Å²) in [5.74, 6) is -0.820. The molecular formula is C29H34ClN3O4S. The number of benzene rings is 3. The van der Waals surface area contributed by atoms with E-state index in [1.165, 1.54) is 17.0 Å². The lowest BCUT2D eigenvalue weighted by molar-refractivity contribution is -0.140. The van der Waals surface area contributed by atoms with Crippen molar-refractivity contribution in [3.63, 3.8) is 0 Å². The quantitative estimate of drug-likeness (QED) is 0.357. The number of likely N-dealkylation sites (N-methyl/N-ethyl adjacent to an activating group) is 1. The highest BCUT2D eigenvalue weighted by Crippen LogP contribution is 2.26. The molecule has 0 saturated carbocycles. The number of amides is 2. The van der Waals surface area contributed by atoms with Crippen molar-refractivity contribution in [1.82, 2.24) is 10.2 Å². The molecule has 3 rings (SSSR count). The molecule has 0 saturated heterocycles. The zero-order valence-corrected chi connectivity index (χ0v) is 23.7. The molecule has 7 nitrogen and oxygen atoms in total. The predicted octanol–water partition coefficient (Wildman–Crippen LogP) is 5.10. The maximum Gasteiger partial charge on any atom is 0.264 e. The van der Waals surface area contributed by atoms with Gasteiger partial charge in [-0.05, 0) is 68.7 Å². The summed E-state index contributed by atoms with van der Waals surface area (Å²) < 4.78 is 28.8. The van der Waals surface area contributed by atoms with Gasteiger partial charge < -0.3 is 10.2 Å². The number of hydrogen-bond donors (Lipinski definition) is 1. The topological polar surface area (TPSA) is 86.8 Å². The number of aryl methyl sites for hydroxylation is 2. The van der Waals surface area contributed by atoms with Gasteiger partial charge in [0.15, 0.2) is 0 Å². The molecule has 0 aliphatic heterocycles. The summed E-state index contributed by atoms with van der Waals surface area (Å²) >= 11 is 6.40. The van der Waals surface area contributed by atoms with Crippen LogP contribution >= 0.6 is 11.6 Å². The van der Waals surface area contributed by atoms with E-state index in [4.69, 9.17) is 11.6 Å². The van der Waals surface area contributed by atoms with Crippen LogP contribution in [0.4, 0.5) is 5.69 Å². The first kappa shape index (κ1) is 29.2. The number of carbonyl (C=O) groups excluding carboxylic acids is 2. The molecule has 0 unspecified atom stereocenters. The molecule has 9 heteroatoms. The molecule has 1 N–H and O–H groups in total. The summed E-state index contributed by atoms with van der Waals surface area (Å²) in [5, 5.41) is 3.25. The minimum atomic E-state index is -4.10. The molecule has 3 aromatic rings. The van der Waals surface area contributed by atoms with Crippen LogP contribution < -0.4 is 9.62 Å². The first-order chi connectivity index (χ1) is 18.1. The van der Waals surface area contributed by atoms with Crippen molar-refractivity contribution in [2.45, 2.75) is 51.6 Å². The largest absolute Gasteiger partial charge is 0.355 e. The van der Waals surface area contributed by atoms with Crippen LogP contribution in [-0.2, 0) is 26.2 Å². The minimum Gasteiger partial charge on any atom is -0.355 e. The van der Waals surface area contributed by atoms with Gasteiger partial charge in [0.05, 0.1) is 10.6 Å². The lowest BCUT2D eigenvalue weighted by Gasteiger charge is -2.33. The van der Waals surface area contributed by atoms with Gasteiger partial charge in [0.2, 0.25) is 11.8 Å². The molecule has 0 radical (unpaired) electrons. The van der Waals surface area contributed by atoms with Crippen molar-refractivity contribution in [2.75, 3.05) is 17.4 Å². The molecule has 0 aliphatic carbocycles. The summed E-state index contributed by atoms with van der Waals surface area (Å²) in [6, 6.07) is 19.8. The van der Waals surface area contributed by atoms with E-state index in [-0.39, 0.29) is 17.3 Å². The Balaban J connectivity index is 2.07. The van der Waals surface area contributed by atoms with Gasteiger partial charge in [-0.25, -0.2) is 8.42 Å². The molecule has 0 fully saturated rings. The van der Waals surface area contributed by atoms with E-state index in [0.717, 1.165) is 15.4 Å². The van der Waals surface area contributed by atoms with E-state index in [1.807, 2.05) is 26.8 Å². The average molecular weight is 556 g/mol. The highest BCUT2D eigenvalue weighted by Gasteiger charge is 2.33.